The first kappa shape index (κ1) is 70.2. The van der Waals surface area contributed by atoms with Gasteiger partial charge in [0.1, 0.15) is 0 Å². The highest BCUT2D eigenvalue weighted by molar-refractivity contribution is 6.12. The second-order valence-corrected chi connectivity index (χ2v) is 17.4. The number of rotatable bonds is 56. The molecule has 0 aromatic carbocycles. The summed E-state index contributed by atoms with van der Waals surface area (Å²) < 4.78 is 50.2. The zero-order valence-corrected chi connectivity index (χ0v) is 45.4. The molecule has 1 rings (SSSR count). The molecule has 0 fully saturated rings. The van der Waals surface area contributed by atoms with Crippen molar-refractivity contribution < 1.29 is 81.0 Å². The van der Waals surface area contributed by atoms with E-state index in [1.807, 2.05) is 10.9 Å². The zero-order valence-electron chi connectivity index (χ0n) is 45.4. The average Bonchev–Trinajstić information content (AvgIpc) is 3.75. The maximum atomic E-state index is 12.7. The van der Waals surface area contributed by atoms with Crippen LogP contribution in [-0.4, -0.2) is 228 Å². The molecule has 0 radical (unpaired) electrons. The summed E-state index contributed by atoms with van der Waals surface area (Å²) in [5, 5.41) is 11.4. The van der Waals surface area contributed by atoms with Gasteiger partial charge in [0.15, 0.2) is 0 Å². The number of hydrogen-bond acceptors (Lipinski definition) is 20. The minimum absolute atomic E-state index is 0.0932. The molecule has 1 aliphatic heterocycles. The molecule has 0 aliphatic carbocycles. The Kier molecular flexibility index (Phi) is 47.4. The molecule has 0 bridgehead atoms. The van der Waals surface area contributed by atoms with E-state index in [9.17, 15) is 38.4 Å². The minimum atomic E-state index is -0.303. The number of nitrogens with zero attached hydrogens (tertiary/aromatic N) is 2. The van der Waals surface area contributed by atoms with Crippen molar-refractivity contribution in [2.75, 3.05) is 171 Å². The molecule has 77 heavy (non-hydrogen) atoms. The Labute approximate surface area is 454 Å². The van der Waals surface area contributed by atoms with Crippen molar-refractivity contribution in [3.63, 3.8) is 0 Å². The molecule has 0 unspecified atom stereocenters. The van der Waals surface area contributed by atoms with Crippen molar-refractivity contribution in [1.82, 2.24) is 41.9 Å². The Morgan fingerprint density at radius 3 is 0.948 bits per heavy atom. The van der Waals surface area contributed by atoms with Crippen molar-refractivity contribution in [3.05, 3.63) is 12.2 Å². The van der Waals surface area contributed by atoms with Crippen LogP contribution < -0.4 is 43.8 Å². The minimum Gasteiger partial charge on any atom is -0.379 e. The van der Waals surface area contributed by atoms with Gasteiger partial charge in [-0.2, -0.15) is 0 Å². The van der Waals surface area contributed by atoms with Crippen LogP contribution in [0.25, 0.3) is 0 Å². The van der Waals surface area contributed by atoms with Crippen LogP contribution in [0.1, 0.15) is 89.9 Å². The summed E-state index contributed by atoms with van der Waals surface area (Å²) in [6, 6.07) is 0. The van der Waals surface area contributed by atoms with Crippen LogP contribution in [0.15, 0.2) is 12.2 Å². The van der Waals surface area contributed by atoms with E-state index in [4.69, 9.17) is 54.3 Å². The van der Waals surface area contributed by atoms with Crippen LogP contribution in [0.2, 0.25) is 0 Å². The number of imide groups is 1. The van der Waals surface area contributed by atoms with Gasteiger partial charge in [0.2, 0.25) is 35.4 Å². The quantitative estimate of drug-likeness (QED) is 0.0110. The molecule has 1 aliphatic rings. The van der Waals surface area contributed by atoms with E-state index in [2.05, 4.69) is 26.2 Å². The van der Waals surface area contributed by atoms with Crippen molar-refractivity contribution in [2.24, 2.45) is 11.7 Å². The molecule has 0 saturated heterocycles. The van der Waals surface area contributed by atoms with Gasteiger partial charge in [-0.3, -0.25) is 54.1 Å². The number of hydrogen-bond donors (Lipinski definition) is 8. The van der Waals surface area contributed by atoms with E-state index in [1.54, 1.807) is 0 Å². The van der Waals surface area contributed by atoms with Crippen molar-refractivity contribution in [3.8, 4) is 0 Å². The lowest BCUT2D eigenvalue weighted by atomic mass is 10.2. The third-order valence-corrected chi connectivity index (χ3v) is 11.0. The van der Waals surface area contributed by atoms with Crippen LogP contribution in [0.4, 0.5) is 0 Å². The molecule has 0 aromatic heterocycles. The predicted octanol–water partition coefficient (Wildman–Crippen LogP) is -1.73. The van der Waals surface area contributed by atoms with Gasteiger partial charge in [-0.25, -0.2) is 11.7 Å². The summed E-state index contributed by atoms with van der Waals surface area (Å²) >= 11 is 0. The first-order valence-electron chi connectivity index (χ1n) is 27.1. The summed E-state index contributed by atoms with van der Waals surface area (Å²) in [4.78, 5) is 97.6. The molecule has 0 atom stereocenters. The van der Waals surface area contributed by atoms with E-state index in [0.29, 0.717) is 223 Å². The fourth-order valence-corrected chi connectivity index (χ4v) is 6.77. The number of amides is 8. The second kappa shape index (κ2) is 51.9. The van der Waals surface area contributed by atoms with Crippen LogP contribution in [-0.2, 0) is 81.0 Å². The third kappa shape index (κ3) is 45.9. The first-order valence-corrected chi connectivity index (χ1v) is 27.1. The summed E-state index contributed by atoms with van der Waals surface area (Å²) in [6.07, 6.45) is 8.69. The summed E-state index contributed by atoms with van der Waals surface area (Å²) in [5.41, 5.74) is 4.06. The Balaban J connectivity index is 2.19. The lowest BCUT2D eigenvalue weighted by Gasteiger charge is -2.22. The van der Waals surface area contributed by atoms with Crippen LogP contribution in [0, 0.1) is 0 Å². The van der Waals surface area contributed by atoms with Gasteiger partial charge in [-0.05, 0) is 51.4 Å². The fourth-order valence-electron chi connectivity index (χ4n) is 6.77. The molecule has 0 spiro atoms. The fraction of sp³-hybridized carbons (Fsp3) is 0.800. The zero-order chi connectivity index (χ0) is 56.1. The number of nitrogens with two attached hydrogens (primary N) is 2. The van der Waals surface area contributed by atoms with Gasteiger partial charge in [-0.15, -0.1) is 0 Å². The Morgan fingerprint density at radius 1 is 0.351 bits per heavy atom. The van der Waals surface area contributed by atoms with Crippen LogP contribution >= 0.6 is 0 Å². The summed E-state index contributed by atoms with van der Waals surface area (Å²) in [6.45, 7) is 11.4. The lowest BCUT2D eigenvalue weighted by molar-refractivity contribution is -0.137. The molecule has 0 aromatic rings. The SMILES string of the molecule is NNC(=O)CCCC(=O)NCCCOCCOCCOCCCNC(=O)CCN(CCCOCCOCCOCCCN1C(=O)C=CC1=O)CCC(=O)NCCCOCCOCCOCCCNC(=O)CCCC(=O)NN. The highest BCUT2D eigenvalue weighted by Gasteiger charge is 2.22. The number of hydrazine groups is 2. The lowest BCUT2D eigenvalue weighted by Crippen LogP contribution is -2.35. The van der Waals surface area contributed by atoms with E-state index in [-0.39, 0.29) is 85.8 Å². The maximum Gasteiger partial charge on any atom is 0.253 e. The van der Waals surface area contributed by atoms with E-state index >= 15 is 0 Å². The highest BCUT2D eigenvalue weighted by Crippen LogP contribution is 2.05. The van der Waals surface area contributed by atoms with Gasteiger partial charge in [0, 0.05) is 143 Å². The van der Waals surface area contributed by atoms with E-state index in [1.165, 1.54) is 17.1 Å². The first-order chi connectivity index (χ1) is 37.5. The molecule has 0 saturated carbocycles. The van der Waals surface area contributed by atoms with Crippen LogP contribution in [0.3, 0.4) is 0 Å². The molecule has 444 valence electrons. The molecule has 10 N–H and O–H groups in total. The van der Waals surface area contributed by atoms with Crippen LogP contribution in [0.5, 0.6) is 0 Å². The third-order valence-electron chi connectivity index (χ3n) is 11.0. The highest BCUT2D eigenvalue weighted by atomic mass is 16.6. The van der Waals surface area contributed by atoms with Crippen molar-refractivity contribution in [2.45, 2.75) is 89.9 Å². The van der Waals surface area contributed by atoms with Gasteiger partial charge in [0.05, 0.1) is 79.3 Å². The van der Waals surface area contributed by atoms with E-state index in [0.717, 1.165) is 0 Å². The maximum absolute atomic E-state index is 12.7. The van der Waals surface area contributed by atoms with Gasteiger partial charge < -0.3 is 68.8 Å². The number of carbonyl (C=O) groups excluding carboxylic acids is 8. The molecule has 27 nitrogen and oxygen atoms in total. The number of ether oxygens (including phenoxy) is 9. The summed E-state index contributed by atoms with van der Waals surface area (Å²) in [7, 11) is 0. The largest absolute Gasteiger partial charge is 0.379 e. The molecular weight excluding hydrogens is 1010 g/mol. The second-order valence-electron chi connectivity index (χ2n) is 17.4. The Morgan fingerprint density at radius 2 is 0.623 bits per heavy atom. The molecule has 8 amide bonds. The van der Waals surface area contributed by atoms with Gasteiger partial charge in [-0.1, -0.05) is 0 Å². The number of nitrogens with one attached hydrogen (secondary N) is 6. The van der Waals surface area contributed by atoms with Crippen molar-refractivity contribution in [1.29, 1.82) is 0 Å². The number of carbonyl (C=O) groups is 8. The summed E-state index contributed by atoms with van der Waals surface area (Å²) in [5.74, 6) is 8.41. The van der Waals surface area contributed by atoms with Crippen molar-refractivity contribution >= 4 is 47.3 Å². The Hall–Kier alpha value is -4.78. The van der Waals surface area contributed by atoms with Gasteiger partial charge in [0.25, 0.3) is 11.8 Å². The topological polar surface area (TPSA) is 350 Å². The molecular formula is C50H92N10O17. The van der Waals surface area contributed by atoms with E-state index < -0.39 is 0 Å². The normalized spacial score (nSPS) is 12.1. The Bertz CT molecular complexity index is 1520. The monoisotopic (exact) mass is 1100 g/mol. The predicted molar refractivity (Wildman–Crippen MR) is 281 cm³/mol. The average molecular weight is 1110 g/mol. The van der Waals surface area contributed by atoms with Gasteiger partial charge >= 0.3 is 0 Å². The standard InChI is InChI=1S/C50H92N10O17/c51-57-47(65)11-1-9-43(61)53-17-3-25-69-31-37-75-39-33-71-27-5-19-55-45(63)15-23-59(21-7-29-73-35-41-77-42-36-74-30-8-22-60-49(67)13-14-50(60)68)24-16-46(64)56-20-6-28-72-34-40-76-38-32-70-26-4-18-54-44(62)10-2-12-48(66)58-52/h13-14H,1-12,15-42,51-52H2,(H,53,61)(H,54,62)(H,55,63)(H,56,64)(H,57,65)(H,58,66). The molecule has 27 heteroatoms. The molecule has 1 heterocycles. The smallest absolute Gasteiger partial charge is 0.253 e.